The van der Waals surface area contributed by atoms with Crippen LogP contribution >= 0.6 is 11.8 Å². The molecule has 2 aromatic carbocycles. The molecule has 1 aromatic heterocycles. The Morgan fingerprint density at radius 3 is 2.64 bits per heavy atom. The van der Waals surface area contributed by atoms with Crippen LogP contribution in [0.1, 0.15) is 22.4 Å². The van der Waals surface area contributed by atoms with Gasteiger partial charge in [-0.1, -0.05) is 42.1 Å². The molecule has 4 nitrogen and oxygen atoms in total. The van der Waals surface area contributed by atoms with E-state index in [4.69, 9.17) is 0 Å². The van der Waals surface area contributed by atoms with E-state index in [9.17, 15) is 14.8 Å². The molecule has 1 heterocycles. The summed E-state index contributed by atoms with van der Waals surface area (Å²) in [5.41, 5.74) is 3.21. The van der Waals surface area contributed by atoms with Gasteiger partial charge in [0.15, 0.2) is 5.16 Å². The average molecular weight is 353 g/mol. The fourth-order valence-corrected chi connectivity index (χ4v) is 3.47. The monoisotopic (exact) mass is 353 g/mol. The molecule has 1 N–H and O–H groups in total. The van der Waals surface area contributed by atoms with Gasteiger partial charge >= 0.3 is 0 Å². The number of benzene rings is 2. The Kier molecular flexibility index (Phi) is 5.49. The summed E-state index contributed by atoms with van der Waals surface area (Å²) in [5.74, 6) is 0.328. The van der Waals surface area contributed by atoms with Gasteiger partial charge in [-0.3, -0.25) is 0 Å². The summed E-state index contributed by atoms with van der Waals surface area (Å²) >= 11 is 1.50. The summed E-state index contributed by atoms with van der Waals surface area (Å²) < 4.78 is 15.0. The van der Waals surface area contributed by atoms with Crippen LogP contribution < -0.4 is 0 Å². The summed E-state index contributed by atoms with van der Waals surface area (Å²) in [6.45, 7) is 0.377. The summed E-state index contributed by atoms with van der Waals surface area (Å²) in [7, 11) is 0. The fourth-order valence-electron chi connectivity index (χ4n) is 2.47. The Balaban J connectivity index is 1.81. The van der Waals surface area contributed by atoms with Gasteiger partial charge in [-0.05, 0) is 29.3 Å². The average Bonchev–Trinajstić information content (AvgIpc) is 3.03. The Bertz CT molecular complexity index is 900. The van der Waals surface area contributed by atoms with Crippen molar-refractivity contribution in [3.63, 3.8) is 0 Å². The standard InChI is InChI=1S/C19H16FN3OS/c20-17-7-5-14(6-8-17)11-23-18(12-24)10-22-19(23)25-13-16-4-2-1-3-15(16)9-21/h1-8,10,24H,11-13H2. The Hall–Kier alpha value is -2.62. The zero-order chi connectivity index (χ0) is 17.6. The molecule has 0 aliphatic carbocycles. The highest BCUT2D eigenvalue weighted by molar-refractivity contribution is 7.98. The van der Waals surface area contributed by atoms with Crippen molar-refractivity contribution in [1.82, 2.24) is 9.55 Å². The van der Waals surface area contributed by atoms with E-state index in [2.05, 4.69) is 11.1 Å². The smallest absolute Gasteiger partial charge is 0.168 e. The Morgan fingerprint density at radius 1 is 1.16 bits per heavy atom. The number of aromatic nitrogens is 2. The van der Waals surface area contributed by atoms with Crippen molar-refractivity contribution in [2.75, 3.05) is 0 Å². The number of nitrogens with zero attached hydrogens (tertiary/aromatic N) is 3. The third-order valence-electron chi connectivity index (χ3n) is 3.81. The maximum Gasteiger partial charge on any atom is 0.168 e. The molecule has 0 amide bonds. The number of imidazole rings is 1. The van der Waals surface area contributed by atoms with Gasteiger partial charge in [-0.15, -0.1) is 0 Å². The van der Waals surface area contributed by atoms with Gasteiger partial charge in [0.05, 0.1) is 30.1 Å². The molecule has 0 radical (unpaired) electrons. The lowest BCUT2D eigenvalue weighted by Crippen LogP contribution is -2.06. The van der Waals surface area contributed by atoms with Crippen LogP contribution in [-0.2, 0) is 18.9 Å². The zero-order valence-electron chi connectivity index (χ0n) is 13.4. The Morgan fingerprint density at radius 2 is 1.92 bits per heavy atom. The van der Waals surface area contributed by atoms with Crippen LogP contribution in [-0.4, -0.2) is 14.7 Å². The zero-order valence-corrected chi connectivity index (χ0v) is 14.2. The first-order valence-corrected chi connectivity index (χ1v) is 8.70. The molecule has 0 unspecified atom stereocenters. The quantitative estimate of drug-likeness (QED) is 0.686. The fraction of sp³-hybridized carbons (Fsp3) is 0.158. The normalized spacial score (nSPS) is 10.6. The van der Waals surface area contributed by atoms with Crippen molar-refractivity contribution in [3.8, 4) is 6.07 Å². The molecule has 0 aliphatic rings. The molecule has 0 bridgehead atoms. The SMILES string of the molecule is N#Cc1ccccc1CSc1ncc(CO)n1Cc1ccc(F)cc1. The van der Waals surface area contributed by atoms with E-state index in [1.807, 2.05) is 22.8 Å². The van der Waals surface area contributed by atoms with Crippen LogP contribution in [0.25, 0.3) is 0 Å². The van der Waals surface area contributed by atoms with E-state index in [0.717, 1.165) is 16.3 Å². The van der Waals surface area contributed by atoms with Crippen LogP contribution in [0.15, 0.2) is 59.9 Å². The van der Waals surface area contributed by atoms with Crippen LogP contribution in [0.4, 0.5) is 4.39 Å². The molecule has 0 aliphatic heterocycles. The van der Waals surface area contributed by atoms with Crippen LogP contribution in [0.2, 0.25) is 0 Å². The molecule has 0 saturated heterocycles. The molecule has 0 saturated carbocycles. The first-order valence-electron chi connectivity index (χ1n) is 7.71. The van der Waals surface area contributed by atoms with E-state index < -0.39 is 0 Å². The molecule has 126 valence electrons. The molecule has 3 aromatic rings. The van der Waals surface area contributed by atoms with Gasteiger partial charge in [0, 0.05) is 12.3 Å². The van der Waals surface area contributed by atoms with Crippen molar-refractivity contribution in [1.29, 1.82) is 5.26 Å². The number of hydrogen-bond acceptors (Lipinski definition) is 4. The summed E-state index contributed by atoms with van der Waals surface area (Å²) in [5, 5.41) is 19.5. The molecule has 0 spiro atoms. The lowest BCUT2D eigenvalue weighted by molar-refractivity contribution is 0.270. The highest BCUT2D eigenvalue weighted by Gasteiger charge is 2.12. The molecule has 6 heteroatoms. The van der Waals surface area contributed by atoms with Crippen molar-refractivity contribution in [3.05, 3.63) is 82.9 Å². The van der Waals surface area contributed by atoms with Gasteiger partial charge in [-0.25, -0.2) is 9.37 Å². The third kappa shape index (κ3) is 4.08. The van der Waals surface area contributed by atoms with Gasteiger partial charge in [-0.2, -0.15) is 5.26 Å². The number of rotatable bonds is 6. The predicted octanol–water partition coefficient (Wildman–Crippen LogP) is 3.73. The second-order valence-electron chi connectivity index (χ2n) is 5.46. The molecule has 0 fully saturated rings. The van der Waals surface area contributed by atoms with Gasteiger partial charge in [0.25, 0.3) is 0 Å². The topological polar surface area (TPSA) is 61.8 Å². The van der Waals surface area contributed by atoms with Crippen molar-refractivity contribution >= 4 is 11.8 Å². The number of halogens is 1. The molecule has 25 heavy (non-hydrogen) atoms. The number of hydrogen-bond donors (Lipinski definition) is 1. The summed E-state index contributed by atoms with van der Waals surface area (Å²) in [6.07, 6.45) is 1.64. The van der Waals surface area contributed by atoms with Gasteiger partial charge in [0.2, 0.25) is 0 Å². The highest BCUT2D eigenvalue weighted by atomic mass is 32.2. The van der Waals surface area contributed by atoms with Crippen LogP contribution in [0, 0.1) is 17.1 Å². The molecule has 3 rings (SSSR count). The number of aliphatic hydroxyl groups excluding tert-OH is 1. The van der Waals surface area contributed by atoms with E-state index in [1.165, 1.54) is 23.9 Å². The van der Waals surface area contributed by atoms with Crippen molar-refractivity contribution in [2.45, 2.75) is 24.1 Å². The lowest BCUT2D eigenvalue weighted by atomic mass is 10.1. The van der Waals surface area contributed by atoms with Crippen LogP contribution in [0.5, 0.6) is 0 Å². The van der Waals surface area contributed by atoms with Crippen LogP contribution in [0.3, 0.4) is 0 Å². The Labute approximate surface area is 149 Å². The van der Waals surface area contributed by atoms with E-state index in [-0.39, 0.29) is 12.4 Å². The van der Waals surface area contributed by atoms with E-state index >= 15 is 0 Å². The maximum atomic E-state index is 13.1. The second-order valence-corrected chi connectivity index (χ2v) is 6.40. The van der Waals surface area contributed by atoms with Gasteiger partial charge in [0.1, 0.15) is 5.82 Å². The number of thioether (sulfide) groups is 1. The van der Waals surface area contributed by atoms with Gasteiger partial charge < -0.3 is 9.67 Å². The summed E-state index contributed by atoms with van der Waals surface area (Å²) in [6, 6.07) is 15.9. The highest BCUT2D eigenvalue weighted by Crippen LogP contribution is 2.25. The first-order chi connectivity index (χ1) is 12.2. The van der Waals surface area contributed by atoms with E-state index in [1.54, 1.807) is 24.4 Å². The van der Waals surface area contributed by atoms with E-state index in [0.29, 0.717) is 23.6 Å². The van der Waals surface area contributed by atoms with Crippen molar-refractivity contribution in [2.24, 2.45) is 0 Å². The lowest BCUT2D eigenvalue weighted by Gasteiger charge is -2.11. The number of aliphatic hydroxyl groups is 1. The third-order valence-corrected chi connectivity index (χ3v) is 4.85. The van der Waals surface area contributed by atoms with Crippen molar-refractivity contribution < 1.29 is 9.50 Å². The largest absolute Gasteiger partial charge is 0.390 e. The summed E-state index contributed by atoms with van der Waals surface area (Å²) in [4.78, 5) is 4.38. The minimum absolute atomic E-state index is 0.121. The predicted molar refractivity (Wildman–Crippen MR) is 94.4 cm³/mol. The minimum atomic E-state index is -0.278. The molecular weight excluding hydrogens is 337 g/mol. The number of nitriles is 1. The second kappa shape index (κ2) is 7.97. The minimum Gasteiger partial charge on any atom is -0.390 e. The first kappa shape index (κ1) is 17.2. The molecule has 0 atom stereocenters. The molecular formula is C19H16FN3OS. The maximum absolute atomic E-state index is 13.1.